The van der Waals surface area contributed by atoms with E-state index in [4.69, 9.17) is 41.0 Å². The van der Waals surface area contributed by atoms with Gasteiger partial charge < -0.3 is 40.2 Å². The number of aliphatic carboxylic acids is 1. The molecule has 5 rings (SSSR count). The van der Waals surface area contributed by atoms with Gasteiger partial charge in [-0.3, -0.25) is 9.59 Å². The fourth-order valence-electron chi connectivity index (χ4n) is 5.66. The number of carbonyl (C=O) groups is 3. The lowest BCUT2D eigenvalue weighted by Gasteiger charge is -2.32. The van der Waals surface area contributed by atoms with Crippen LogP contribution in [0.3, 0.4) is 0 Å². The second-order valence-corrected chi connectivity index (χ2v) is 13.9. The van der Waals surface area contributed by atoms with E-state index in [1.165, 1.54) is 0 Å². The van der Waals surface area contributed by atoms with Gasteiger partial charge in [0.1, 0.15) is 18.9 Å². The van der Waals surface area contributed by atoms with E-state index in [9.17, 15) is 9.59 Å². The lowest BCUT2D eigenvalue weighted by molar-refractivity contribution is -0.147. The van der Waals surface area contributed by atoms with Gasteiger partial charge in [0.05, 0.1) is 34.8 Å². The first-order valence-electron chi connectivity index (χ1n) is 17.0. The average molecular weight is 695 g/mol. The maximum Gasteiger partial charge on any atom is 0.329 e. The Labute approximate surface area is 295 Å². The molecular formula is C37H54N6O7. The molecule has 0 aliphatic carbocycles. The molecular weight excluding hydrogens is 640 g/mol. The summed E-state index contributed by atoms with van der Waals surface area (Å²) in [5.41, 5.74) is 11.5. The van der Waals surface area contributed by atoms with Gasteiger partial charge in [-0.2, -0.15) is 0 Å². The Morgan fingerprint density at radius 2 is 1.92 bits per heavy atom. The molecule has 3 aliphatic rings. The maximum atomic E-state index is 12.9. The molecule has 50 heavy (non-hydrogen) atoms. The van der Waals surface area contributed by atoms with E-state index in [0.29, 0.717) is 36.7 Å². The molecule has 0 radical (unpaired) electrons. The normalized spacial score (nSPS) is 16.9. The number of allylic oxidation sites excluding steroid dienone is 1. The molecule has 4 heterocycles. The lowest BCUT2D eigenvalue weighted by Crippen LogP contribution is -2.36. The topological polar surface area (TPSA) is 185 Å². The van der Waals surface area contributed by atoms with Crippen LogP contribution in [0.15, 0.2) is 59.5 Å². The Balaban J connectivity index is 0.000000245. The molecule has 0 saturated carbocycles. The van der Waals surface area contributed by atoms with Gasteiger partial charge in [0.2, 0.25) is 0 Å². The third kappa shape index (κ3) is 11.1. The highest BCUT2D eigenvalue weighted by Crippen LogP contribution is 2.41. The molecule has 3 aliphatic heterocycles. The van der Waals surface area contributed by atoms with Gasteiger partial charge in [-0.05, 0) is 82.5 Å². The number of aromatic nitrogens is 1. The summed E-state index contributed by atoms with van der Waals surface area (Å²) in [6.07, 6.45) is 6.41. The van der Waals surface area contributed by atoms with Crippen molar-refractivity contribution in [1.82, 2.24) is 19.8 Å². The molecule has 274 valence electrons. The van der Waals surface area contributed by atoms with Crippen molar-refractivity contribution >= 4 is 34.4 Å². The lowest BCUT2D eigenvalue weighted by atomic mass is 9.87. The highest BCUT2D eigenvalue weighted by molar-refractivity contribution is 6.11. The van der Waals surface area contributed by atoms with Crippen molar-refractivity contribution in [1.29, 1.82) is 0 Å². The number of ether oxygens (including phenoxy) is 2. The molecule has 0 fully saturated rings. The maximum absolute atomic E-state index is 12.9. The van der Waals surface area contributed by atoms with E-state index < -0.39 is 12.6 Å². The number of carbonyl (C=O) groups excluding carboxylic acids is 2. The molecule has 1 unspecified atom stereocenters. The number of hydrogen-bond donors (Lipinski definition) is 4. The minimum Gasteiger partial charge on any atom is -0.480 e. The molecule has 1 atom stereocenters. The molecule has 6 N–H and O–H groups in total. The number of esters is 1. The fraction of sp³-hybridized carbons (Fsp3) is 0.514. The molecule has 1 aromatic heterocycles. The Kier molecular flexibility index (Phi) is 14.5. The Bertz CT molecular complexity index is 1610. The van der Waals surface area contributed by atoms with Crippen LogP contribution >= 0.6 is 0 Å². The zero-order valence-electron chi connectivity index (χ0n) is 30.4. The number of benzene rings is 1. The molecule has 1 amide bonds. The van der Waals surface area contributed by atoms with Crippen LogP contribution in [0.2, 0.25) is 0 Å². The minimum absolute atomic E-state index is 0.0315. The van der Waals surface area contributed by atoms with Crippen LogP contribution in [-0.2, 0) is 19.1 Å². The number of fused-ring (bicyclic) bond motifs is 4. The summed E-state index contributed by atoms with van der Waals surface area (Å²) in [5.74, 6) is 4.96. The van der Waals surface area contributed by atoms with Gasteiger partial charge in [0.15, 0.2) is 0 Å². The summed E-state index contributed by atoms with van der Waals surface area (Å²) < 4.78 is 11.2. The van der Waals surface area contributed by atoms with Gasteiger partial charge in [-0.1, -0.05) is 39.0 Å². The van der Waals surface area contributed by atoms with E-state index >= 15 is 0 Å². The molecule has 13 heteroatoms. The molecule has 0 spiro atoms. The number of nitrogens with two attached hydrogens (primary N) is 2. The SMILES string of the molecule is CC(C)CCOC(C)(C)CCN(N)/C=C(\N)CN(C)C.CCC1C(=O)OCC2=C1C=C1c3nc4ccccc4cc3C(=O)N1C2.O=C(O)CO. The van der Waals surface area contributed by atoms with Crippen LogP contribution < -0.4 is 11.6 Å². The van der Waals surface area contributed by atoms with Crippen molar-refractivity contribution in [3.63, 3.8) is 0 Å². The van der Waals surface area contributed by atoms with Crippen LogP contribution in [0.4, 0.5) is 0 Å². The smallest absolute Gasteiger partial charge is 0.329 e. The second-order valence-electron chi connectivity index (χ2n) is 13.9. The van der Waals surface area contributed by atoms with Gasteiger partial charge in [-0.15, -0.1) is 0 Å². The number of amides is 1. The summed E-state index contributed by atoms with van der Waals surface area (Å²) in [4.78, 5) is 42.6. The minimum atomic E-state index is -1.19. The van der Waals surface area contributed by atoms with Gasteiger partial charge >= 0.3 is 11.9 Å². The Morgan fingerprint density at radius 3 is 2.54 bits per heavy atom. The van der Waals surface area contributed by atoms with Crippen molar-refractivity contribution in [2.75, 3.05) is 53.6 Å². The Hall–Kier alpha value is -4.30. The van der Waals surface area contributed by atoms with Gasteiger partial charge in [0.25, 0.3) is 5.91 Å². The third-order valence-corrected chi connectivity index (χ3v) is 8.37. The monoisotopic (exact) mass is 694 g/mol. The van der Waals surface area contributed by atoms with Crippen molar-refractivity contribution in [3.05, 3.63) is 70.7 Å². The van der Waals surface area contributed by atoms with Crippen LogP contribution in [-0.4, -0.2) is 107 Å². The number of rotatable bonds is 12. The van der Waals surface area contributed by atoms with E-state index in [0.717, 1.165) is 59.4 Å². The number of aliphatic hydroxyl groups excluding tert-OH is 1. The summed E-state index contributed by atoms with van der Waals surface area (Å²) in [7, 11) is 3.96. The van der Waals surface area contributed by atoms with Crippen LogP contribution in [0.25, 0.3) is 16.6 Å². The van der Waals surface area contributed by atoms with Crippen molar-refractivity contribution in [2.45, 2.75) is 59.5 Å². The Morgan fingerprint density at radius 1 is 1.24 bits per heavy atom. The zero-order chi connectivity index (χ0) is 37.2. The average Bonchev–Trinajstić information content (AvgIpc) is 3.31. The predicted octanol–water partition coefficient (Wildman–Crippen LogP) is 3.74. The number of pyridine rings is 1. The van der Waals surface area contributed by atoms with Crippen molar-refractivity contribution in [2.24, 2.45) is 23.4 Å². The first kappa shape index (κ1) is 40.1. The zero-order valence-corrected chi connectivity index (χ0v) is 30.4. The number of para-hydroxylation sites is 1. The number of carboxylic acid groups (broad SMARTS) is 1. The summed E-state index contributed by atoms with van der Waals surface area (Å²) in [6.45, 7) is 12.8. The van der Waals surface area contributed by atoms with E-state index in [1.807, 2.05) is 62.3 Å². The van der Waals surface area contributed by atoms with Crippen LogP contribution in [0.1, 0.15) is 69.9 Å². The highest BCUT2D eigenvalue weighted by Gasteiger charge is 2.41. The summed E-state index contributed by atoms with van der Waals surface area (Å²) >= 11 is 0. The van der Waals surface area contributed by atoms with Gasteiger partial charge in [0, 0.05) is 37.0 Å². The van der Waals surface area contributed by atoms with Crippen LogP contribution in [0, 0.1) is 11.8 Å². The largest absolute Gasteiger partial charge is 0.480 e. The van der Waals surface area contributed by atoms with E-state index in [1.54, 1.807) is 16.1 Å². The molecule has 0 bridgehead atoms. The number of hydrogen-bond acceptors (Lipinski definition) is 11. The first-order chi connectivity index (χ1) is 23.6. The fourth-order valence-corrected chi connectivity index (χ4v) is 5.66. The number of likely N-dealkylation sites (N-methyl/N-ethyl adjacent to an activating group) is 1. The van der Waals surface area contributed by atoms with Crippen molar-refractivity contribution < 1.29 is 34.1 Å². The number of aliphatic hydroxyl groups is 1. The third-order valence-electron chi connectivity index (χ3n) is 8.37. The van der Waals surface area contributed by atoms with E-state index in [-0.39, 0.29) is 30.0 Å². The number of hydrazine groups is 1. The second kappa shape index (κ2) is 18.1. The molecule has 1 aromatic carbocycles. The molecule has 0 saturated heterocycles. The number of carboxylic acids is 1. The number of nitrogens with zero attached hydrogens (tertiary/aromatic N) is 4. The van der Waals surface area contributed by atoms with Gasteiger partial charge in [-0.25, -0.2) is 15.6 Å². The van der Waals surface area contributed by atoms with E-state index in [2.05, 4.69) is 27.7 Å². The highest BCUT2D eigenvalue weighted by atomic mass is 16.5. The number of cyclic esters (lactones) is 1. The summed E-state index contributed by atoms with van der Waals surface area (Å²) in [6, 6.07) is 9.71. The quantitative estimate of drug-likeness (QED) is 0.144. The predicted molar refractivity (Wildman–Crippen MR) is 193 cm³/mol. The standard InChI is InChI=1S/C20H16N2O3.C15H34N4O.C2H4O3/c1-2-13-14-8-17-18-15(7-11-5-3-4-6-16(11)21-18)19(23)22(17)9-12(14)10-25-20(13)24;1-13(2)7-10-20-15(3,4)8-9-19(17)12-14(16)11-18(5)6;3-1-2(4)5/h3-8,13H,2,9-10H2,1H3;12-13H,7-11,16-17H2,1-6H3;3H,1H2,(H,4,5)/b;14-12-;. The molecule has 2 aromatic rings. The summed E-state index contributed by atoms with van der Waals surface area (Å²) in [5, 5.41) is 17.6. The van der Waals surface area contributed by atoms with Crippen molar-refractivity contribution in [3.8, 4) is 0 Å². The first-order valence-corrected chi connectivity index (χ1v) is 17.0. The molecule has 13 nitrogen and oxygen atoms in total. The van der Waals surface area contributed by atoms with Crippen LogP contribution in [0.5, 0.6) is 0 Å².